The molecule has 1 N–H and O–H groups in total. The maximum absolute atomic E-state index is 12.2. The van der Waals surface area contributed by atoms with Crippen molar-refractivity contribution in [2.45, 2.75) is 19.9 Å². The molecule has 0 unspecified atom stereocenters. The van der Waals surface area contributed by atoms with E-state index in [1.54, 1.807) is 31.2 Å². The zero-order chi connectivity index (χ0) is 18.2. The number of rotatable bonds is 6. The fourth-order valence-corrected chi connectivity index (χ4v) is 2.57. The monoisotopic (exact) mass is 337 g/mol. The van der Waals surface area contributed by atoms with E-state index in [1.165, 1.54) is 5.56 Å². The van der Waals surface area contributed by atoms with Crippen molar-refractivity contribution in [3.05, 3.63) is 64.7 Å². The van der Waals surface area contributed by atoms with E-state index < -0.39 is 0 Å². The lowest BCUT2D eigenvalue weighted by Crippen LogP contribution is -2.37. The van der Waals surface area contributed by atoms with Gasteiger partial charge in [-0.3, -0.25) is 0 Å². The van der Waals surface area contributed by atoms with Crippen LogP contribution in [-0.4, -0.2) is 31.6 Å². The number of benzene rings is 2. The smallest absolute Gasteiger partial charge is 0.317 e. The van der Waals surface area contributed by atoms with Crippen LogP contribution in [0.5, 0.6) is 5.75 Å². The first kappa shape index (κ1) is 18.3. The van der Waals surface area contributed by atoms with Crippen LogP contribution in [0, 0.1) is 18.3 Å². The molecule has 130 valence electrons. The molecular formula is C20H23N3O2. The van der Waals surface area contributed by atoms with Crippen molar-refractivity contribution < 1.29 is 9.53 Å². The van der Waals surface area contributed by atoms with Gasteiger partial charge in [0.25, 0.3) is 0 Å². The number of nitrogens with one attached hydrogen (secondary N) is 1. The molecule has 0 aliphatic carbocycles. The summed E-state index contributed by atoms with van der Waals surface area (Å²) < 4.78 is 5.36. The van der Waals surface area contributed by atoms with Gasteiger partial charge in [-0.05, 0) is 42.7 Å². The van der Waals surface area contributed by atoms with Crippen LogP contribution in [0.3, 0.4) is 0 Å². The number of methoxy groups -OCH3 is 1. The second-order valence-corrected chi connectivity index (χ2v) is 5.96. The molecule has 5 nitrogen and oxygen atoms in total. The van der Waals surface area contributed by atoms with Crippen LogP contribution in [0.2, 0.25) is 0 Å². The lowest BCUT2D eigenvalue weighted by Gasteiger charge is -2.18. The Kier molecular flexibility index (Phi) is 6.41. The van der Waals surface area contributed by atoms with Crippen molar-refractivity contribution in [2.75, 3.05) is 20.7 Å². The second kappa shape index (κ2) is 8.74. The third-order valence-electron chi connectivity index (χ3n) is 3.96. The number of urea groups is 1. The van der Waals surface area contributed by atoms with Gasteiger partial charge in [-0.25, -0.2) is 4.79 Å². The summed E-state index contributed by atoms with van der Waals surface area (Å²) in [7, 11) is 3.40. The molecule has 2 aromatic rings. The van der Waals surface area contributed by atoms with Gasteiger partial charge in [0.05, 0.1) is 18.7 Å². The molecule has 0 saturated carbocycles. The van der Waals surface area contributed by atoms with Gasteiger partial charge in [-0.15, -0.1) is 0 Å². The fourth-order valence-electron chi connectivity index (χ4n) is 2.57. The Labute approximate surface area is 148 Å². The van der Waals surface area contributed by atoms with Gasteiger partial charge in [0, 0.05) is 20.1 Å². The molecule has 0 aliphatic rings. The summed E-state index contributed by atoms with van der Waals surface area (Å²) in [6, 6.07) is 15.2. The van der Waals surface area contributed by atoms with Crippen LogP contribution >= 0.6 is 0 Å². The van der Waals surface area contributed by atoms with E-state index in [9.17, 15) is 4.79 Å². The molecule has 0 aromatic heterocycles. The highest BCUT2D eigenvalue weighted by atomic mass is 16.5. The van der Waals surface area contributed by atoms with Gasteiger partial charge in [0.15, 0.2) is 0 Å². The first-order chi connectivity index (χ1) is 12.0. The minimum atomic E-state index is -0.129. The van der Waals surface area contributed by atoms with Crippen LogP contribution in [0.1, 0.15) is 22.3 Å². The van der Waals surface area contributed by atoms with Crippen molar-refractivity contribution in [3.63, 3.8) is 0 Å². The van der Waals surface area contributed by atoms with Crippen molar-refractivity contribution >= 4 is 6.03 Å². The Morgan fingerprint density at radius 3 is 2.60 bits per heavy atom. The van der Waals surface area contributed by atoms with Crippen LogP contribution in [0.15, 0.2) is 42.5 Å². The molecule has 0 heterocycles. The van der Waals surface area contributed by atoms with Gasteiger partial charge in [0.2, 0.25) is 0 Å². The average Bonchev–Trinajstić information content (AvgIpc) is 2.62. The number of ether oxygens (including phenoxy) is 1. The summed E-state index contributed by atoms with van der Waals surface area (Å²) in [6.45, 7) is 3.06. The first-order valence-electron chi connectivity index (χ1n) is 8.15. The summed E-state index contributed by atoms with van der Waals surface area (Å²) in [5, 5.41) is 11.7. The third-order valence-corrected chi connectivity index (χ3v) is 3.96. The average molecular weight is 337 g/mol. The lowest BCUT2D eigenvalue weighted by atomic mass is 10.1. The van der Waals surface area contributed by atoms with Gasteiger partial charge in [0.1, 0.15) is 5.75 Å². The quantitative estimate of drug-likeness (QED) is 0.880. The van der Waals surface area contributed by atoms with Crippen LogP contribution in [0.4, 0.5) is 4.79 Å². The van der Waals surface area contributed by atoms with Crippen molar-refractivity contribution in [3.8, 4) is 11.8 Å². The Bertz CT molecular complexity index is 764. The molecule has 0 aliphatic heterocycles. The molecule has 25 heavy (non-hydrogen) atoms. The summed E-state index contributed by atoms with van der Waals surface area (Å²) >= 11 is 0. The minimum Gasteiger partial charge on any atom is -0.496 e. The number of carbonyl (C=O) groups is 1. The van der Waals surface area contributed by atoms with E-state index >= 15 is 0 Å². The zero-order valence-corrected chi connectivity index (χ0v) is 14.9. The van der Waals surface area contributed by atoms with E-state index in [0.717, 1.165) is 16.9 Å². The molecule has 2 amide bonds. The third kappa shape index (κ3) is 5.25. The zero-order valence-electron chi connectivity index (χ0n) is 14.9. The van der Waals surface area contributed by atoms with Crippen molar-refractivity contribution in [1.29, 1.82) is 5.26 Å². The fraction of sp³-hybridized carbons (Fsp3) is 0.300. The molecule has 2 rings (SSSR count). The largest absolute Gasteiger partial charge is 0.496 e. The Balaban J connectivity index is 1.85. The molecule has 0 bridgehead atoms. The molecule has 2 aromatic carbocycles. The van der Waals surface area contributed by atoms with Crippen LogP contribution in [0.25, 0.3) is 0 Å². The number of aryl methyl sites for hydroxylation is 1. The standard InChI is InChI=1S/C20H23N3O2/c1-15-4-9-19(25-3)18(12-15)10-11-22-20(24)23(2)14-17-7-5-16(13-21)6-8-17/h4-9,12H,10-11,14H2,1-3H3,(H,22,24). The summed E-state index contributed by atoms with van der Waals surface area (Å²) in [4.78, 5) is 13.8. The van der Waals surface area contributed by atoms with Crippen LogP contribution < -0.4 is 10.1 Å². The first-order valence-corrected chi connectivity index (χ1v) is 8.15. The summed E-state index contributed by atoms with van der Waals surface area (Å²) in [6.07, 6.45) is 0.710. The van der Waals surface area contributed by atoms with E-state index in [4.69, 9.17) is 10.00 Å². The van der Waals surface area contributed by atoms with Gasteiger partial charge < -0.3 is 15.0 Å². The molecule has 0 radical (unpaired) electrons. The Morgan fingerprint density at radius 1 is 1.24 bits per heavy atom. The molecule has 0 spiro atoms. The Hall–Kier alpha value is -3.00. The predicted octanol–water partition coefficient (Wildman–Crippen LogP) is 3.26. The molecule has 0 fully saturated rings. The van der Waals surface area contributed by atoms with Gasteiger partial charge in [-0.2, -0.15) is 5.26 Å². The van der Waals surface area contributed by atoms with E-state index in [-0.39, 0.29) is 6.03 Å². The number of carbonyl (C=O) groups excluding carboxylic acids is 1. The lowest BCUT2D eigenvalue weighted by molar-refractivity contribution is 0.207. The Morgan fingerprint density at radius 2 is 1.96 bits per heavy atom. The number of hydrogen-bond acceptors (Lipinski definition) is 3. The second-order valence-electron chi connectivity index (χ2n) is 5.96. The summed E-state index contributed by atoms with van der Waals surface area (Å²) in [5.74, 6) is 0.839. The van der Waals surface area contributed by atoms with Gasteiger partial charge in [-0.1, -0.05) is 29.8 Å². The van der Waals surface area contributed by atoms with E-state index in [0.29, 0.717) is 25.1 Å². The SMILES string of the molecule is COc1ccc(C)cc1CCNC(=O)N(C)Cc1ccc(C#N)cc1. The highest BCUT2D eigenvalue weighted by Gasteiger charge is 2.09. The predicted molar refractivity (Wildman–Crippen MR) is 97.5 cm³/mol. The van der Waals surface area contributed by atoms with Gasteiger partial charge >= 0.3 is 6.03 Å². The molecule has 0 saturated heterocycles. The normalized spacial score (nSPS) is 10.0. The number of nitriles is 1. The highest BCUT2D eigenvalue weighted by molar-refractivity contribution is 5.73. The number of nitrogens with zero attached hydrogens (tertiary/aromatic N) is 2. The highest BCUT2D eigenvalue weighted by Crippen LogP contribution is 2.19. The topological polar surface area (TPSA) is 65.4 Å². The van der Waals surface area contributed by atoms with E-state index in [1.807, 2.05) is 31.2 Å². The van der Waals surface area contributed by atoms with Crippen molar-refractivity contribution in [1.82, 2.24) is 10.2 Å². The number of amides is 2. The molecular weight excluding hydrogens is 314 g/mol. The molecule has 5 heteroatoms. The van der Waals surface area contributed by atoms with Crippen LogP contribution in [-0.2, 0) is 13.0 Å². The molecule has 0 atom stereocenters. The summed E-state index contributed by atoms with van der Waals surface area (Å²) in [5.41, 5.74) is 3.84. The minimum absolute atomic E-state index is 0.129. The van der Waals surface area contributed by atoms with Crippen molar-refractivity contribution in [2.24, 2.45) is 0 Å². The maximum Gasteiger partial charge on any atom is 0.317 e. The maximum atomic E-state index is 12.2. The van der Waals surface area contributed by atoms with E-state index in [2.05, 4.69) is 17.5 Å². The number of hydrogen-bond donors (Lipinski definition) is 1.